The maximum absolute atomic E-state index is 12.9. The molecular formula is C55H101N2O6P. The third-order valence-electron chi connectivity index (χ3n) is 11.5. The molecule has 2 N–H and O–H groups in total. The van der Waals surface area contributed by atoms with Gasteiger partial charge in [-0.25, -0.2) is 0 Å². The van der Waals surface area contributed by atoms with Crippen molar-refractivity contribution in [3.63, 3.8) is 0 Å². The molecule has 0 aliphatic carbocycles. The number of amides is 1. The number of carbonyl (C=O) groups excluding carboxylic acids is 1. The summed E-state index contributed by atoms with van der Waals surface area (Å²) in [5.41, 5.74) is 0. The number of nitrogens with one attached hydrogen (secondary N) is 1. The number of allylic oxidation sites excluding steroid dienone is 12. The number of quaternary nitrogens is 1. The Morgan fingerprint density at radius 3 is 1.36 bits per heavy atom. The lowest BCUT2D eigenvalue weighted by Crippen LogP contribution is -2.46. The lowest BCUT2D eigenvalue weighted by Gasteiger charge is -2.30. The number of carbonyl (C=O) groups is 1. The molecule has 8 nitrogen and oxygen atoms in total. The van der Waals surface area contributed by atoms with E-state index in [2.05, 4.69) is 92.1 Å². The second-order valence-corrected chi connectivity index (χ2v) is 20.3. The maximum atomic E-state index is 12.9. The van der Waals surface area contributed by atoms with E-state index in [1.807, 2.05) is 21.1 Å². The number of likely N-dealkylation sites (N-methyl/N-ethyl adjacent to an activating group) is 1. The van der Waals surface area contributed by atoms with Crippen molar-refractivity contribution in [2.24, 2.45) is 0 Å². The molecule has 1 amide bonds. The number of rotatable bonds is 47. The molecule has 0 aromatic rings. The van der Waals surface area contributed by atoms with Gasteiger partial charge in [0.05, 0.1) is 39.9 Å². The molecule has 0 fully saturated rings. The largest absolute Gasteiger partial charge is 0.756 e. The minimum absolute atomic E-state index is 0.0000615. The molecule has 0 radical (unpaired) electrons. The summed E-state index contributed by atoms with van der Waals surface area (Å²) < 4.78 is 23.3. The summed E-state index contributed by atoms with van der Waals surface area (Å²) >= 11 is 0. The van der Waals surface area contributed by atoms with Gasteiger partial charge in [0.25, 0.3) is 7.82 Å². The van der Waals surface area contributed by atoms with Crippen LogP contribution in [-0.2, 0) is 18.4 Å². The molecule has 0 aromatic carbocycles. The molecule has 0 aliphatic heterocycles. The van der Waals surface area contributed by atoms with Crippen LogP contribution in [0.2, 0.25) is 0 Å². The molecule has 9 heteroatoms. The van der Waals surface area contributed by atoms with E-state index in [1.54, 1.807) is 0 Å². The first-order valence-electron chi connectivity index (χ1n) is 26.3. The third-order valence-corrected chi connectivity index (χ3v) is 12.4. The predicted molar refractivity (Wildman–Crippen MR) is 274 cm³/mol. The fraction of sp³-hybridized carbons (Fsp3) is 0.764. The molecule has 0 heterocycles. The summed E-state index contributed by atoms with van der Waals surface area (Å²) in [6.45, 7) is 4.58. The maximum Gasteiger partial charge on any atom is 0.268 e. The quantitative estimate of drug-likeness (QED) is 0.0272. The Hall–Kier alpha value is -2.06. The fourth-order valence-electron chi connectivity index (χ4n) is 7.34. The number of nitrogens with zero attached hydrogens (tertiary/aromatic N) is 1. The van der Waals surface area contributed by atoms with Crippen LogP contribution in [0.3, 0.4) is 0 Å². The zero-order chi connectivity index (χ0) is 47.1. The number of phosphoric ester groups is 1. The van der Waals surface area contributed by atoms with Gasteiger partial charge in [0.2, 0.25) is 5.91 Å². The number of unbranched alkanes of at least 4 members (excludes halogenated alkanes) is 22. The predicted octanol–water partition coefficient (Wildman–Crippen LogP) is 14.9. The fourth-order valence-corrected chi connectivity index (χ4v) is 8.06. The van der Waals surface area contributed by atoms with Crippen LogP contribution in [0.25, 0.3) is 0 Å². The Kier molecular flexibility index (Phi) is 44.6. The first kappa shape index (κ1) is 61.9. The van der Waals surface area contributed by atoms with Crippen LogP contribution >= 0.6 is 7.82 Å². The standard InChI is InChI=1S/C55H101N2O6P/c1-6-8-10-12-14-16-18-20-22-24-26-28-30-32-34-36-38-40-42-44-46-48-54(58)53(52-63-64(60,61)62-51-50-57(3,4)5)56-55(59)49-47-45-43-41-39-37-35-33-31-29-27-25-23-21-19-17-15-13-11-9-7-2/h9,11,15,17,21,23,27,29,33,35,39,41,53-54,58H,6-8,10,12-14,16,18-20,22,24-26,28,30-32,34,36-38,40,42-52H2,1-5H3,(H-,56,59,60,61)/b11-9-,17-15-,23-21-,29-27-,35-33-,41-39-. The Morgan fingerprint density at radius 1 is 0.562 bits per heavy atom. The highest BCUT2D eigenvalue weighted by molar-refractivity contribution is 7.45. The van der Waals surface area contributed by atoms with Crippen LogP contribution in [0.5, 0.6) is 0 Å². The number of phosphoric acid groups is 1. The number of hydrogen-bond acceptors (Lipinski definition) is 6. The lowest BCUT2D eigenvalue weighted by atomic mass is 10.0. The van der Waals surface area contributed by atoms with E-state index in [-0.39, 0.29) is 19.1 Å². The van der Waals surface area contributed by atoms with Crippen molar-refractivity contribution in [2.45, 2.75) is 231 Å². The van der Waals surface area contributed by atoms with Gasteiger partial charge in [-0.1, -0.05) is 222 Å². The van der Waals surface area contributed by atoms with Crippen LogP contribution in [0.4, 0.5) is 0 Å². The van der Waals surface area contributed by atoms with Gasteiger partial charge in [-0.15, -0.1) is 0 Å². The summed E-state index contributed by atoms with van der Waals surface area (Å²) in [5.74, 6) is -0.208. The SMILES string of the molecule is CC/C=C\C/C=C\C/C=C\C/C=C\C/C=C\C/C=C\CCCCC(=O)NC(COP(=O)([O-])OCC[N+](C)(C)C)C(O)CCCCCCCCCCCCCCCCCCCCCCC. The van der Waals surface area contributed by atoms with E-state index in [0.29, 0.717) is 30.3 Å². The van der Waals surface area contributed by atoms with Crippen molar-refractivity contribution in [3.8, 4) is 0 Å². The van der Waals surface area contributed by atoms with Crippen LogP contribution in [-0.4, -0.2) is 68.5 Å². The summed E-state index contributed by atoms with van der Waals surface area (Å²) in [4.78, 5) is 25.5. The summed E-state index contributed by atoms with van der Waals surface area (Å²) in [6.07, 6.45) is 62.1. The minimum Gasteiger partial charge on any atom is -0.756 e. The smallest absolute Gasteiger partial charge is 0.268 e. The first-order chi connectivity index (χ1) is 31.0. The van der Waals surface area contributed by atoms with Gasteiger partial charge in [0.15, 0.2) is 0 Å². The summed E-state index contributed by atoms with van der Waals surface area (Å²) in [6, 6.07) is -0.828. The van der Waals surface area contributed by atoms with E-state index in [4.69, 9.17) is 9.05 Å². The first-order valence-corrected chi connectivity index (χ1v) is 27.7. The van der Waals surface area contributed by atoms with Gasteiger partial charge in [-0.2, -0.15) is 0 Å². The van der Waals surface area contributed by atoms with Crippen molar-refractivity contribution < 1.29 is 32.9 Å². The molecule has 0 bridgehead atoms. The molecule has 3 atom stereocenters. The molecule has 64 heavy (non-hydrogen) atoms. The van der Waals surface area contributed by atoms with E-state index >= 15 is 0 Å². The second kappa shape index (κ2) is 46.1. The molecular weight excluding hydrogens is 816 g/mol. The van der Waals surface area contributed by atoms with E-state index < -0.39 is 20.0 Å². The van der Waals surface area contributed by atoms with Crippen LogP contribution < -0.4 is 10.2 Å². The average Bonchev–Trinajstić information content (AvgIpc) is 3.25. The van der Waals surface area contributed by atoms with Crippen molar-refractivity contribution in [1.29, 1.82) is 0 Å². The van der Waals surface area contributed by atoms with Crippen LogP contribution in [0.15, 0.2) is 72.9 Å². The number of aliphatic hydroxyl groups is 1. The highest BCUT2D eigenvalue weighted by Crippen LogP contribution is 2.38. The Morgan fingerprint density at radius 2 is 0.953 bits per heavy atom. The summed E-state index contributed by atoms with van der Waals surface area (Å²) in [7, 11) is 1.27. The van der Waals surface area contributed by atoms with Crippen LogP contribution in [0.1, 0.15) is 219 Å². The monoisotopic (exact) mass is 917 g/mol. The molecule has 0 aliphatic rings. The second-order valence-electron chi connectivity index (χ2n) is 18.9. The van der Waals surface area contributed by atoms with Crippen molar-refractivity contribution >= 4 is 13.7 Å². The van der Waals surface area contributed by atoms with Crippen molar-refractivity contribution in [2.75, 3.05) is 40.9 Å². The summed E-state index contributed by atoms with van der Waals surface area (Å²) in [5, 5.41) is 14.0. The van der Waals surface area contributed by atoms with E-state index in [0.717, 1.165) is 70.6 Å². The van der Waals surface area contributed by atoms with Gasteiger partial charge in [-0.3, -0.25) is 9.36 Å². The van der Waals surface area contributed by atoms with Gasteiger partial charge >= 0.3 is 0 Å². The Labute approximate surface area is 395 Å². The molecule has 0 aromatic heterocycles. The van der Waals surface area contributed by atoms with Gasteiger partial charge < -0.3 is 28.8 Å². The zero-order valence-corrected chi connectivity index (χ0v) is 43.1. The molecule has 0 saturated carbocycles. The normalized spacial score (nSPS) is 14.7. The van der Waals surface area contributed by atoms with Crippen LogP contribution in [0, 0.1) is 0 Å². The topological polar surface area (TPSA) is 108 Å². The molecule has 372 valence electrons. The van der Waals surface area contributed by atoms with Gasteiger partial charge in [0.1, 0.15) is 13.2 Å². The van der Waals surface area contributed by atoms with Gasteiger partial charge in [-0.05, 0) is 64.2 Å². The van der Waals surface area contributed by atoms with E-state index in [1.165, 1.54) is 116 Å². The van der Waals surface area contributed by atoms with E-state index in [9.17, 15) is 19.4 Å². The Bertz CT molecular complexity index is 1270. The highest BCUT2D eigenvalue weighted by atomic mass is 31.2. The number of hydrogen-bond donors (Lipinski definition) is 2. The van der Waals surface area contributed by atoms with Crippen molar-refractivity contribution in [1.82, 2.24) is 5.32 Å². The minimum atomic E-state index is -4.59. The third kappa shape index (κ3) is 47.9. The van der Waals surface area contributed by atoms with Gasteiger partial charge in [0, 0.05) is 6.42 Å². The molecule has 0 saturated heterocycles. The molecule has 0 spiro atoms. The molecule has 0 rings (SSSR count). The zero-order valence-electron chi connectivity index (χ0n) is 42.2. The Balaban J connectivity index is 4.35. The average molecular weight is 917 g/mol. The van der Waals surface area contributed by atoms with Crippen molar-refractivity contribution in [3.05, 3.63) is 72.9 Å². The highest BCUT2D eigenvalue weighted by Gasteiger charge is 2.24. The lowest BCUT2D eigenvalue weighted by molar-refractivity contribution is -0.870. The molecule has 3 unspecified atom stereocenters. The number of aliphatic hydroxyl groups excluding tert-OH is 1.